The molecule has 0 aromatic carbocycles. The quantitative estimate of drug-likeness (QED) is 0.161. The average Bonchev–Trinajstić information content (AvgIpc) is 2.62. The molecule has 0 aliphatic heterocycles. The van der Waals surface area contributed by atoms with Crippen molar-refractivity contribution in [1.82, 2.24) is 0 Å². The molecule has 0 nitrogen and oxygen atoms in total. The van der Waals surface area contributed by atoms with Crippen LogP contribution in [0.15, 0.2) is 12.2 Å². The van der Waals surface area contributed by atoms with E-state index in [4.69, 9.17) is 0 Å². The van der Waals surface area contributed by atoms with E-state index in [9.17, 15) is 0 Å². The van der Waals surface area contributed by atoms with Crippen LogP contribution in [-0.2, 0) is 0 Å². The molecule has 0 rings (SSSR count). The molecule has 0 spiro atoms. The summed E-state index contributed by atoms with van der Waals surface area (Å²) in [6.07, 6.45) is 23.7. The molecule has 0 amide bonds. The van der Waals surface area contributed by atoms with E-state index in [1.807, 2.05) is 0 Å². The fourth-order valence-electron chi connectivity index (χ4n) is 3.83. The van der Waals surface area contributed by atoms with Crippen molar-refractivity contribution in [2.45, 2.75) is 137 Å². The van der Waals surface area contributed by atoms with Gasteiger partial charge in [-0.3, -0.25) is 0 Å². The first-order valence-corrected chi connectivity index (χ1v) is 11.8. The highest BCUT2D eigenvalue weighted by atomic mass is 14.2. The van der Waals surface area contributed by atoms with E-state index in [0.29, 0.717) is 0 Å². The summed E-state index contributed by atoms with van der Waals surface area (Å²) in [6.45, 7) is 13.9. The normalized spacial score (nSPS) is 13.8. The van der Waals surface area contributed by atoms with Gasteiger partial charge in [0.2, 0.25) is 0 Å². The van der Waals surface area contributed by atoms with E-state index in [1.165, 1.54) is 109 Å². The summed E-state index contributed by atoms with van der Waals surface area (Å²) in [6, 6.07) is 0. The van der Waals surface area contributed by atoms with Crippen molar-refractivity contribution in [3.8, 4) is 0 Å². The van der Waals surface area contributed by atoms with Gasteiger partial charge in [0.1, 0.15) is 0 Å². The monoisotopic (exact) mass is 350 g/mol. The maximum Gasteiger partial charge on any atom is -0.0203 e. The fraction of sp³-hybridized carbons (Fsp3) is 0.920. The molecule has 0 heterocycles. The Labute approximate surface area is 161 Å². The van der Waals surface area contributed by atoms with Crippen LogP contribution in [0.1, 0.15) is 137 Å². The lowest BCUT2D eigenvalue weighted by Crippen LogP contribution is -2.09. The lowest BCUT2D eigenvalue weighted by Gasteiger charge is -2.23. The van der Waals surface area contributed by atoms with Crippen molar-refractivity contribution < 1.29 is 0 Å². The van der Waals surface area contributed by atoms with Gasteiger partial charge in [0.15, 0.2) is 0 Å². The molecule has 0 radical (unpaired) electrons. The number of hydrogen-bond donors (Lipinski definition) is 0. The number of hydrogen-bond acceptors (Lipinski definition) is 0. The minimum atomic E-state index is 0.792. The highest BCUT2D eigenvalue weighted by Gasteiger charge is 2.15. The van der Waals surface area contributed by atoms with Crippen LogP contribution in [0.5, 0.6) is 0 Å². The summed E-state index contributed by atoms with van der Waals surface area (Å²) in [4.78, 5) is 0. The molecular weight excluding hydrogens is 300 g/mol. The largest absolute Gasteiger partial charge is 0.0996 e. The van der Waals surface area contributed by atoms with Gasteiger partial charge in [-0.2, -0.15) is 0 Å². The SMILES string of the molecule is C=C(CCCCCCCCCCC)C(CCCCCC)CC(C)CC. The Kier molecular flexibility index (Phi) is 18.3. The molecule has 0 fully saturated rings. The van der Waals surface area contributed by atoms with Gasteiger partial charge in [-0.1, -0.05) is 123 Å². The smallest absolute Gasteiger partial charge is 0.0203 e. The Morgan fingerprint density at radius 2 is 1.16 bits per heavy atom. The molecule has 0 heteroatoms. The zero-order valence-corrected chi connectivity index (χ0v) is 18.4. The molecule has 2 atom stereocenters. The highest BCUT2D eigenvalue weighted by Crippen LogP contribution is 2.29. The van der Waals surface area contributed by atoms with Crippen molar-refractivity contribution in [3.05, 3.63) is 12.2 Å². The van der Waals surface area contributed by atoms with E-state index in [1.54, 1.807) is 5.57 Å². The van der Waals surface area contributed by atoms with Crippen LogP contribution < -0.4 is 0 Å². The number of allylic oxidation sites excluding steroid dienone is 1. The molecule has 0 aromatic heterocycles. The molecule has 0 saturated heterocycles. The lowest BCUT2D eigenvalue weighted by atomic mass is 9.83. The Morgan fingerprint density at radius 1 is 0.680 bits per heavy atom. The third-order valence-electron chi connectivity index (χ3n) is 5.97. The topological polar surface area (TPSA) is 0 Å². The van der Waals surface area contributed by atoms with Gasteiger partial charge in [-0.15, -0.1) is 0 Å². The van der Waals surface area contributed by atoms with Gasteiger partial charge >= 0.3 is 0 Å². The Morgan fingerprint density at radius 3 is 1.68 bits per heavy atom. The first kappa shape index (κ1) is 24.7. The molecular formula is C25H50. The van der Waals surface area contributed by atoms with E-state index in [2.05, 4.69) is 34.3 Å². The molecule has 0 aliphatic rings. The Hall–Kier alpha value is -0.260. The van der Waals surface area contributed by atoms with E-state index in [0.717, 1.165) is 11.8 Å². The first-order chi connectivity index (χ1) is 12.2. The third kappa shape index (κ3) is 15.7. The second kappa shape index (κ2) is 18.5. The standard InChI is InChI=1S/C25H50/c1-6-9-11-13-14-15-16-17-18-20-24(5)25(22-23(4)8-3)21-19-12-10-7-2/h23,25H,5-22H2,1-4H3. The van der Waals surface area contributed by atoms with Crippen LogP contribution in [0.25, 0.3) is 0 Å². The summed E-state index contributed by atoms with van der Waals surface area (Å²) in [5.41, 5.74) is 1.57. The summed E-state index contributed by atoms with van der Waals surface area (Å²) >= 11 is 0. The maximum atomic E-state index is 4.51. The van der Waals surface area contributed by atoms with Gasteiger partial charge in [0.25, 0.3) is 0 Å². The maximum absolute atomic E-state index is 4.51. The molecule has 0 N–H and O–H groups in total. The van der Waals surface area contributed by atoms with Crippen LogP contribution in [0.4, 0.5) is 0 Å². The van der Waals surface area contributed by atoms with Crippen LogP contribution >= 0.6 is 0 Å². The van der Waals surface area contributed by atoms with Crippen molar-refractivity contribution in [2.24, 2.45) is 11.8 Å². The summed E-state index contributed by atoms with van der Waals surface area (Å²) < 4.78 is 0. The summed E-state index contributed by atoms with van der Waals surface area (Å²) in [5, 5.41) is 0. The Balaban J connectivity index is 3.87. The van der Waals surface area contributed by atoms with Crippen LogP contribution in [0, 0.1) is 11.8 Å². The molecule has 2 unspecified atom stereocenters. The molecule has 0 aliphatic carbocycles. The van der Waals surface area contributed by atoms with Gasteiger partial charge in [-0.05, 0) is 37.5 Å². The van der Waals surface area contributed by atoms with Gasteiger partial charge in [0, 0.05) is 0 Å². The van der Waals surface area contributed by atoms with Crippen LogP contribution in [-0.4, -0.2) is 0 Å². The molecule has 0 aromatic rings. The predicted octanol–water partition coefficient (Wildman–Crippen LogP) is 9.49. The van der Waals surface area contributed by atoms with E-state index >= 15 is 0 Å². The lowest BCUT2D eigenvalue weighted by molar-refractivity contribution is 0.382. The van der Waals surface area contributed by atoms with Crippen molar-refractivity contribution >= 4 is 0 Å². The first-order valence-electron chi connectivity index (χ1n) is 11.8. The van der Waals surface area contributed by atoms with Gasteiger partial charge < -0.3 is 0 Å². The second-order valence-electron chi connectivity index (χ2n) is 8.53. The van der Waals surface area contributed by atoms with Crippen molar-refractivity contribution in [3.63, 3.8) is 0 Å². The molecule has 0 saturated carbocycles. The molecule has 25 heavy (non-hydrogen) atoms. The fourth-order valence-corrected chi connectivity index (χ4v) is 3.83. The van der Waals surface area contributed by atoms with Crippen molar-refractivity contribution in [2.75, 3.05) is 0 Å². The minimum absolute atomic E-state index is 0.792. The highest BCUT2D eigenvalue weighted by molar-refractivity contribution is 5.01. The molecule has 0 bridgehead atoms. The zero-order valence-electron chi connectivity index (χ0n) is 18.4. The average molecular weight is 351 g/mol. The number of rotatable bonds is 19. The third-order valence-corrected chi connectivity index (χ3v) is 5.97. The summed E-state index contributed by atoms with van der Waals surface area (Å²) in [5.74, 6) is 1.65. The zero-order chi connectivity index (χ0) is 18.8. The van der Waals surface area contributed by atoms with Gasteiger partial charge in [-0.25, -0.2) is 0 Å². The predicted molar refractivity (Wildman–Crippen MR) is 117 cm³/mol. The Bertz CT molecular complexity index is 278. The van der Waals surface area contributed by atoms with E-state index < -0.39 is 0 Å². The van der Waals surface area contributed by atoms with Gasteiger partial charge in [0.05, 0.1) is 0 Å². The van der Waals surface area contributed by atoms with E-state index in [-0.39, 0.29) is 0 Å². The van der Waals surface area contributed by atoms with Crippen LogP contribution in [0.2, 0.25) is 0 Å². The minimum Gasteiger partial charge on any atom is -0.0996 e. The molecule has 150 valence electrons. The second-order valence-corrected chi connectivity index (χ2v) is 8.53. The summed E-state index contributed by atoms with van der Waals surface area (Å²) in [7, 11) is 0. The van der Waals surface area contributed by atoms with Crippen LogP contribution in [0.3, 0.4) is 0 Å². The van der Waals surface area contributed by atoms with Crippen molar-refractivity contribution in [1.29, 1.82) is 0 Å². The number of unbranched alkanes of at least 4 members (excludes halogenated alkanes) is 11.